The number of hydrogen-bond donors (Lipinski definition) is 0. The third kappa shape index (κ3) is 6.79. The molecule has 0 radical (unpaired) electrons. The minimum absolute atomic E-state index is 0.0372. The summed E-state index contributed by atoms with van der Waals surface area (Å²) in [6.45, 7) is 0.870. The van der Waals surface area contributed by atoms with Crippen LogP contribution in [-0.2, 0) is 28.6 Å². The van der Waals surface area contributed by atoms with Crippen molar-refractivity contribution in [3.63, 3.8) is 0 Å². The molecule has 74 valence electrons. The van der Waals surface area contributed by atoms with Crippen molar-refractivity contribution in [3.05, 3.63) is 0 Å². The van der Waals surface area contributed by atoms with E-state index in [9.17, 15) is 14.4 Å². The summed E-state index contributed by atoms with van der Waals surface area (Å²) >= 11 is 0. The summed E-state index contributed by atoms with van der Waals surface area (Å²) in [4.78, 5) is 29.5. The predicted molar refractivity (Wildman–Crippen MR) is 39.6 cm³/mol. The van der Waals surface area contributed by atoms with Gasteiger partial charge in [0, 0.05) is 6.42 Å². The number of ether oxygens (including phenoxy) is 3. The van der Waals surface area contributed by atoms with Crippen LogP contribution in [0.25, 0.3) is 0 Å². The van der Waals surface area contributed by atoms with Gasteiger partial charge in [0.05, 0.1) is 6.61 Å². The van der Waals surface area contributed by atoms with Crippen LogP contribution in [-0.4, -0.2) is 38.7 Å². The Kier molecular flexibility index (Phi) is 7.47. The van der Waals surface area contributed by atoms with E-state index in [1.54, 1.807) is 0 Å². The summed E-state index contributed by atoms with van der Waals surface area (Å²) in [6.07, 6.45) is -0.270. The molecule has 6 heteroatoms. The van der Waals surface area contributed by atoms with Gasteiger partial charge in [0.25, 0.3) is 19.4 Å². The summed E-state index contributed by atoms with van der Waals surface area (Å²) in [7, 11) is 0. The Labute approximate surface area is 74.8 Å². The lowest BCUT2D eigenvalue weighted by molar-refractivity contribution is -0.144. The zero-order valence-electron chi connectivity index (χ0n) is 6.88. The maximum absolute atomic E-state index is 9.93. The molecule has 1 unspecified atom stereocenters. The van der Waals surface area contributed by atoms with Crippen molar-refractivity contribution < 1.29 is 28.6 Å². The monoisotopic (exact) mass is 190 g/mol. The average molecular weight is 190 g/mol. The fourth-order valence-corrected chi connectivity index (χ4v) is 0.663. The topological polar surface area (TPSA) is 78.9 Å². The minimum Gasteiger partial charge on any atom is -0.468 e. The smallest absolute Gasteiger partial charge is 0.293 e. The quantitative estimate of drug-likeness (QED) is 0.271. The molecule has 13 heavy (non-hydrogen) atoms. The molecule has 0 aliphatic heterocycles. The van der Waals surface area contributed by atoms with Gasteiger partial charge >= 0.3 is 0 Å². The SMILES string of the molecule is O=COCCC(COC=O)OC=O. The Balaban J connectivity index is 3.57. The molecule has 0 rings (SSSR count). The predicted octanol–water partition coefficient (Wildman–Crippen LogP) is -0.736. The van der Waals surface area contributed by atoms with E-state index < -0.39 is 6.10 Å². The molecule has 0 aromatic rings. The molecule has 0 heterocycles. The van der Waals surface area contributed by atoms with E-state index in [4.69, 9.17) is 0 Å². The van der Waals surface area contributed by atoms with Crippen molar-refractivity contribution in [3.8, 4) is 0 Å². The number of hydrogen-bond acceptors (Lipinski definition) is 6. The van der Waals surface area contributed by atoms with E-state index in [0.29, 0.717) is 12.9 Å². The normalized spacial score (nSPS) is 11.1. The highest BCUT2D eigenvalue weighted by atomic mass is 16.6. The second kappa shape index (κ2) is 8.51. The standard InChI is InChI=1S/C7H10O6/c8-4-11-2-1-7(13-6-10)3-12-5-9/h4-7H,1-3H2. The van der Waals surface area contributed by atoms with Crippen LogP contribution in [0.4, 0.5) is 0 Å². The summed E-state index contributed by atoms with van der Waals surface area (Å²) in [5.74, 6) is 0. The fraction of sp³-hybridized carbons (Fsp3) is 0.571. The largest absolute Gasteiger partial charge is 0.468 e. The van der Waals surface area contributed by atoms with E-state index >= 15 is 0 Å². The molecule has 0 N–H and O–H groups in total. The van der Waals surface area contributed by atoms with Gasteiger partial charge in [0.1, 0.15) is 12.7 Å². The maximum atomic E-state index is 9.93. The van der Waals surface area contributed by atoms with Crippen molar-refractivity contribution in [2.75, 3.05) is 13.2 Å². The van der Waals surface area contributed by atoms with Crippen molar-refractivity contribution >= 4 is 19.4 Å². The lowest BCUT2D eigenvalue weighted by Gasteiger charge is -2.12. The number of carbonyl (C=O) groups excluding carboxylic acids is 3. The molecular formula is C7H10O6. The van der Waals surface area contributed by atoms with Crippen molar-refractivity contribution in [1.82, 2.24) is 0 Å². The van der Waals surface area contributed by atoms with Gasteiger partial charge in [0.2, 0.25) is 0 Å². The summed E-state index contributed by atoms with van der Waals surface area (Å²) < 4.78 is 13.3. The van der Waals surface area contributed by atoms with Crippen molar-refractivity contribution in [1.29, 1.82) is 0 Å². The lowest BCUT2D eigenvalue weighted by atomic mass is 10.3. The molecule has 0 amide bonds. The van der Waals surface area contributed by atoms with Crippen LogP contribution in [0.5, 0.6) is 0 Å². The highest BCUT2D eigenvalue weighted by molar-refractivity contribution is 5.39. The van der Waals surface area contributed by atoms with E-state index in [1.165, 1.54) is 0 Å². The molecule has 0 aliphatic carbocycles. The summed E-state index contributed by atoms with van der Waals surface area (Å²) in [5.41, 5.74) is 0. The van der Waals surface area contributed by atoms with Crippen LogP contribution in [0, 0.1) is 0 Å². The van der Waals surface area contributed by atoms with Gasteiger partial charge in [-0.3, -0.25) is 14.4 Å². The van der Waals surface area contributed by atoms with Crippen LogP contribution < -0.4 is 0 Å². The molecule has 0 saturated carbocycles. The van der Waals surface area contributed by atoms with Crippen LogP contribution in [0.2, 0.25) is 0 Å². The molecule has 0 aromatic heterocycles. The van der Waals surface area contributed by atoms with Crippen molar-refractivity contribution in [2.24, 2.45) is 0 Å². The van der Waals surface area contributed by atoms with E-state index in [2.05, 4.69) is 14.2 Å². The molecule has 0 saturated heterocycles. The van der Waals surface area contributed by atoms with Crippen LogP contribution in [0.15, 0.2) is 0 Å². The average Bonchev–Trinajstić information content (AvgIpc) is 2.14. The number of rotatable bonds is 9. The zero-order valence-corrected chi connectivity index (χ0v) is 6.88. The first-order valence-corrected chi connectivity index (χ1v) is 3.54. The van der Waals surface area contributed by atoms with Crippen LogP contribution in [0.3, 0.4) is 0 Å². The van der Waals surface area contributed by atoms with Crippen LogP contribution in [0.1, 0.15) is 6.42 Å². The third-order valence-electron chi connectivity index (χ3n) is 1.22. The van der Waals surface area contributed by atoms with Gasteiger partial charge in [-0.15, -0.1) is 0 Å². The molecule has 0 aliphatic rings. The summed E-state index contributed by atoms with van der Waals surface area (Å²) in [5, 5.41) is 0. The number of carbonyl (C=O) groups is 3. The second-order valence-electron chi connectivity index (χ2n) is 2.04. The molecule has 0 spiro atoms. The Morgan fingerprint density at radius 3 is 2.23 bits per heavy atom. The van der Waals surface area contributed by atoms with Gasteiger partial charge in [-0.25, -0.2) is 0 Å². The highest BCUT2D eigenvalue weighted by Gasteiger charge is 2.09. The van der Waals surface area contributed by atoms with Gasteiger partial charge in [0.15, 0.2) is 0 Å². The maximum Gasteiger partial charge on any atom is 0.293 e. The van der Waals surface area contributed by atoms with Gasteiger partial charge in [-0.1, -0.05) is 0 Å². The third-order valence-corrected chi connectivity index (χ3v) is 1.22. The van der Waals surface area contributed by atoms with E-state index in [0.717, 1.165) is 0 Å². The first-order valence-electron chi connectivity index (χ1n) is 3.54. The summed E-state index contributed by atoms with van der Waals surface area (Å²) in [6, 6.07) is 0. The van der Waals surface area contributed by atoms with Crippen LogP contribution >= 0.6 is 0 Å². The second-order valence-corrected chi connectivity index (χ2v) is 2.04. The van der Waals surface area contributed by atoms with E-state index in [1.807, 2.05) is 0 Å². The molecular weight excluding hydrogens is 180 g/mol. The molecule has 0 bridgehead atoms. The molecule has 0 aromatic carbocycles. The Morgan fingerprint density at radius 2 is 1.69 bits per heavy atom. The first-order chi connectivity index (χ1) is 6.35. The van der Waals surface area contributed by atoms with Gasteiger partial charge in [-0.05, 0) is 0 Å². The first kappa shape index (κ1) is 11.4. The van der Waals surface area contributed by atoms with Crippen molar-refractivity contribution in [2.45, 2.75) is 12.5 Å². The molecule has 0 fully saturated rings. The Hall–Kier alpha value is -1.59. The van der Waals surface area contributed by atoms with Gasteiger partial charge in [-0.2, -0.15) is 0 Å². The molecule has 6 nitrogen and oxygen atoms in total. The van der Waals surface area contributed by atoms with E-state index in [-0.39, 0.29) is 26.2 Å². The van der Waals surface area contributed by atoms with Gasteiger partial charge < -0.3 is 14.2 Å². The Morgan fingerprint density at radius 1 is 1.00 bits per heavy atom. The Bertz CT molecular complexity index is 157. The zero-order chi connectivity index (χ0) is 9.94. The molecule has 1 atom stereocenters. The highest BCUT2D eigenvalue weighted by Crippen LogP contribution is 1.97. The minimum atomic E-state index is -0.567. The fourth-order valence-electron chi connectivity index (χ4n) is 0.663. The lowest BCUT2D eigenvalue weighted by Crippen LogP contribution is -2.21.